The Morgan fingerprint density at radius 1 is 1.23 bits per heavy atom. The van der Waals surface area contributed by atoms with E-state index >= 15 is 0 Å². The predicted octanol–water partition coefficient (Wildman–Crippen LogP) is 1.16. The largest absolute Gasteiger partial charge is 0.478 e. The predicted molar refractivity (Wildman–Crippen MR) is 49.2 cm³/mol. The lowest BCUT2D eigenvalue weighted by Crippen LogP contribution is -1.98. The van der Waals surface area contributed by atoms with E-state index in [2.05, 4.69) is 24.5 Å². The molecule has 0 bridgehead atoms. The number of hydrogen-bond donors (Lipinski definition) is 1. The number of carbonyl (C=O) groups excluding carboxylic acids is 1. The molecule has 0 saturated heterocycles. The van der Waals surface area contributed by atoms with Gasteiger partial charge in [-0.2, -0.15) is 0 Å². The standard InChI is InChI=1S/C6H8O2.C3H4O2/c1-3-5-8-6(7)4-2;1-2-3(4)5/h3-4H,1-2,5H2;2H,1H2,(H,4,5). The maximum absolute atomic E-state index is 10.2. The van der Waals surface area contributed by atoms with Gasteiger partial charge in [-0.1, -0.05) is 25.8 Å². The van der Waals surface area contributed by atoms with E-state index in [-0.39, 0.29) is 6.61 Å². The molecule has 0 aromatic heterocycles. The lowest BCUT2D eigenvalue weighted by molar-refractivity contribution is -0.136. The molecule has 0 aromatic carbocycles. The van der Waals surface area contributed by atoms with Crippen molar-refractivity contribution in [2.24, 2.45) is 0 Å². The van der Waals surface area contributed by atoms with Gasteiger partial charge in [-0.25, -0.2) is 9.59 Å². The van der Waals surface area contributed by atoms with Crippen LogP contribution in [-0.2, 0) is 14.3 Å². The molecule has 1 N–H and O–H groups in total. The summed E-state index contributed by atoms with van der Waals surface area (Å²) < 4.78 is 4.47. The zero-order valence-corrected chi connectivity index (χ0v) is 7.23. The molecule has 72 valence electrons. The Morgan fingerprint density at radius 2 is 1.69 bits per heavy atom. The summed E-state index contributed by atoms with van der Waals surface area (Å²) in [6.07, 6.45) is 3.45. The Bertz CT molecular complexity index is 206. The van der Waals surface area contributed by atoms with Crippen molar-refractivity contribution in [1.29, 1.82) is 0 Å². The summed E-state index contributed by atoms with van der Waals surface area (Å²) >= 11 is 0. The molecule has 13 heavy (non-hydrogen) atoms. The van der Waals surface area contributed by atoms with Gasteiger partial charge >= 0.3 is 11.9 Å². The van der Waals surface area contributed by atoms with Gasteiger partial charge in [0.25, 0.3) is 0 Å². The van der Waals surface area contributed by atoms with Crippen LogP contribution < -0.4 is 0 Å². The van der Waals surface area contributed by atoms with Crippen molar-refractivity contribution in [2.75, 3.05) is 6.61 Å². The van der Waals surface area contributed by atoms with E-state index in [4.69, 9.17) is 5.11 Å². The Hall–Kier alpha value is -1.84. The summed E-state index contributed by atoms with van der Waals surface area (Å²) in [7, 11) is 0. The summed E-state index contributed by atoms with van der Waals surface area (Å²) in [6.45, 7) is 9.78. The van der Waals surface area contributed by atoms with E-state index in [0.717, 1.165) is 12.2 Å². The van der Waals surface area contributed by atoms with Gasteiger partial charge in [0.1, 0.15) is 6.61 Å². The Kier molecular flexibility index (Phi) is 10.7. The average molecular weight is 184 g/mol. The van der Waals surface area contributed by atoms with Gasteiger partial charge in [0.15, 0.2) is 0 Å². The normalized spacial score (nSPS) is 7.08. The first-order valence-corrected chi connectivity index (χ1v) is 3.33. The van der Waals surface area contributed by atoms with Crippen molar-refractivity contribution >= 4 is 11.9 Å². The van der Waals surface area contributed by atoms with Gasteiger partial charge in [0.2, 0.25) is 0 Å². The first kappa shape index (κ1) is 13.7. The minimum absolute atomic E-state index is 0.255. The molecule has 4 heteroatoms. The third-order valence-electron chi connectivity index (χ3n) is 0.685. The monoisotopic (exact) mass is 184 g/mol. The van der Waals surface area contributed by atoms with Crippen LogP contribution in [-0.4, -0.2) is 23.7 Å². The molecule has 0 atom stereocenters. The number of aliphatic carboxylic acids is 1. The average Bonchev–Trinajstić information content (AvgIpc) is 2.15. The SMILES string of the molecule is C=CC(=O)O.C=CCOC(=O)C=C. The fraction of sp³-hybridized carbons (Fsp3) is 0.111. The van der Waals surface area contributed by atoms with Crippen LogP contribution in [0.2, 0.25) is 0 Å². The molecule has 0 radical (unpaired) electrons. The number of carboxylic acids is 1. The zero-order valence-electron chi connectivity index (χ0n) is 7.23. The Labute approximate surface area is 76.8 Å². The van der Waals surface area contributed by atoms with Crippen molar-refractivity contribution in [3.63, 3.8) is 0 Å². The lowest BCUT2D eigenvalue weighted by Gasteiger charge is -1.92. The molecular weight excluding hydrogens is 172 g/mol. The Morgan fingerprint density at radius 3 is 1.92 bits per heavy atom. The molecule has 0 heterocycles. The minimum atomic E-state index is -0.981. The quantitative estimate of drug-likeness (QED) is 0.404. The molecule has 0 saturated carbocycles. The van der Waals surface area contributed by atoms with Gasteiger partial charge in [0, 0.05) is 12.2 Å². The maximum Gasteiger partial charge on any atom is 0.330 e. The highest BCUT2D eigenvalue weighted by Gasteiger charge is 1.87. The second-order valence-electron chi connectivity index (χ2n) is 1.67. The van der Waals surface area contributed by atoms with Crippen molar-refractivity contribution in [3.05, 3.63) is 38.0 Å². The first-order valence-electron chi connectivity index (χ1n) is 3.33. The minimum Gasteiger partial charge on any atom is -0.478 e. The van der Waals surface area contributed by atoms with Crippen molar-refractivity contribution in [2.45, 2.75) is 0 Å². The Balaban J connectivity index is 0. The van der Waals surface area contributed by atoms with E-state index in [1.165, 1.54) is 6.08 Å². The second kappa shape index (κ2) is 10.2. The van der Waals surface area contributed by atoms with Crippen LogP contribution in [0.5, 0.6) is 0 Å². The summed E-state index contributed by atoms with van der Waals surface area (Å²) in [5.74, 6) is -1.39. The van der Waals surface area contributed by atoms with Crippen LogP contribution in [0.4, 0.5) is 0 Å². The molecule has 0 aliphatic heterocycles. The smallest absolute Gasteiger partial charge is 0.330 e. The molecule has 0 aliphatic rings. The highest BCUT2D eigenvalue weighted by molar-refractivity contribution is 5.81. The highest BCUT2D eigenvalue weighted by atomic mass is 16.5. The lowest BCUT2D eigenvalue weighted by atomic mass is 10.6. The molecule has 4 nitrogen and oxygen atoms in total. The van der Waals surface area contributed by atoms with Crippen LogP contribution in [0.25, 0.3) is 0 Å². The van der Waals surface area contributed by atoms with E-state index in [1.54, 1.807) is 0 Å². The number of esters is 1. The topological polar surface area (TPSA) is 63.6 Å². The number of carbonyl (C=O) groups is 2. The molecule has 0 spiro atoms. The van der Waals surface area contributed by atoms with Gasteiger partial charge in [-0.3, -0.25) is 0 Å². The number of rotatable bonds is 4. The van der Waals surface area contributed by atoms with E-state index in [0.29, 0.717) is 0 Å². The zero-order chi connectivity index (χ0) is 10.7. The van der Waals surface area contributed by atoms with Crippen LogP contribution >= 0.6 is 0 Å². The van der Waals surface area contributed by atoms with Gasteiger partial charge < -0.3 is 9.84 Å². The maximum atomic E-state index is 10.2. The summed E-state index contributed by atoms with van der Waals surface area (Å²) in [4.78, 5) is 19.4. The van der Waals surface area contributed by atoms with Gasteiger partial charge in [-0.15, -0.1) is 0 Å². The molecule has 0 fully saturated rings. The highest BCUT2D eigenvalue weighted by Crippen LogP contribution is 1.77. The number of hydrogen-bond acceptors (Lipinski definition) is 3. The van der Waals surface area contributed by atoms with E-state index in [9.17, 15) is 9.59 Å². The third-order valence-corrected chi connectivity index (χ3v) is 0.685. The summed E-state index contributed by atoms with van der Waals surface area (Å²) in [5.41, 5.74) is 0. The molecule has 0 amide bonds. The van der Waals surface area contributed by atoms with Crippen molar-refractivity contribution in [3.8, 4) is 0 Å². The second-order valence-corrected chi connectivity index (χ2v) is 1.67. The molecule has 0 aromatic rings. The van der Waals surface area contributed by atoms with Gasteiger partial charge in [0.05, 0.1) is 0 Å². The van der Waals surface area contributed by atoms with Gasteiger partial charge in [-0.05, 0) is 0 Å². The molecule has 0 aliphatic carbocycles. The van der Waals surface area contributed by atoms with Crippen molar-refractivity contribution in [1.82, 2.24) is 0 Å². The molecule has 0 rings (SSSR count). The van der Waals surface area contributed by atoms with Crippen LogP contribution in [0.15, 0.2) is 38.0 Å². The van der Waals surface area contributed by atoms with Crippen molar-refractivity contribution < 1.29 is 19.4 Å². The molecule has 0 unspecified atom stereocenters. The number of carboxylic acid groups (broad SMARTS) is 1. The fourth-order valence-electron chi connectivity index (χ4n) is 0.200. The van der Waals surface area contributed by atoms with Crippen LogP contribution in [0.3, 0.4) is 0 Å². The number of ether oxygens (including phenoxy) is 1. The summed E-state index contributed by atoms with van der Waals surface area (Å²) in [6, 6.07) is 0. The van der Waals surface area contributed by atoms with Crippen LogP contribution in [0.1, 0.15) is 0 Å². The van der Waals surface area contributed by atoms with E-state index < -0.39 is 11.9 Å². The fourth-order valence-corrected chi connectivity index (χ4v) is 0.200. The summed E-state index contributed by atoms with van der Waals surface area (Å²) in [5, 5.41) is 7.60. The molecular formula is C9H12O4. The van der Waals surface area contributed by atoms with E-state index in [1.807, 2.05) is 0 Å². The first-order chi connectivity index (χ1) is 6.08. The third kappa shape index (κ3) is 17.8. The van der Waals surface area contributed by atoms with Crippen LogP contribution in [0, 0.1) is 0 Å².